The van der Waals surface area contributed by atoms with E-state index in [0.29, 0.717) is 5.69 Å². The van der Waals surface area contributed by atoms with Crippen molar-refractivity contribution in [3.8, 4) is 17.5 Å². The van der Waals surface area contributed by atoms with Crippen LogP contribution in [0, 0.1) is 32.1 Å². The fourth-order valence-electron chi connectivity index (χ4n) is 2.01. The van der Waals surface area contributed by atoms with Crippen LogP contribution in [0.1, 0.15) is 22.5 Å². The third kappa shape index (κ3) is 1.83. The molecule has 0 radical (unpaired) electrons. The smallest absolute Gasteiger partial charge is 0.143 e. The Morgan fingerprint density at radius 3 is 2.53 bits per heavy atom. The molecule has 2 rings (SSSR count). The molecule has 0 aliphatic rings. The highest BCUT2D eigenvalue weighted by molar-refractivity contribution is 5.63. The molecule has 3 heteroatoms. The highest BCUT2D eigenvalue weighted by atomic mass is 15.1. The van der Waals surface area contributed by atoms with Crippen molar-refractivity contribution in [1.29, 1.82) is 5.26 Å². The minimum absolute atomic E-state index is 0.626. The van der Waals surface area contributed by atoms with Crippen molar-refractivity contribution in [3.63, 3.8) is 0 Å². The average Bonchev–Trinajstić information content (AvgIpc) is 2.57. The van der Waals surface area contributed by atoms with Crippen LogP contribution in [0.25, 0.3) is 11.4 Å². The highest BCUT2D eigenvalue weighted by Gasteiger charge is 2.14. The van der Waals surface area contributed by atoms with Crippen LogP contribution in [0.3, 0.4) is 0 Å². The van der Waals surface area contributed by atoms with E-state index in [2.05, 4.69) is 43.1 Å². The standard InChI is InChI=1S/C14H15N3/c1-9-5-6-10(2)12(7-9)14-16-11(3)13(8-15)17(14)4/h5-7H,1-4H3. The topological polar surface area (TPSA) is 41.6 Å². The van der Waals surface area contributed by atoms with Gasteiger partial charge in [-0.05, 0) is 32.4 Å². The Morgan fingerprint density at radius 2 is 1.94 bits per heavy atom. The van der Waals surface area contributed by atoms with E-state index < -0.39 is 0 Å². The zero-order chi connectivity index (χ0) is 12.6. The first-order chi connectivity index (χ1) is 8.04. The summed E-state index contributed by atoms with van der Waals surface area (Å²) in [5.41, 5.74) is 4.88. The number of benzene rings is 1. The molecule has 86 valence electrons. The summed E-state index contributed by atoms with van der Waals surface area (Å²) in [5.74, 6) is 0.861. The number of nitrogens with zero attached hydrogens (tertiary/aromatic N) is 3. The lowest BCUT2D eigenvalue weighted by Crippen LogP contribution is -1.97. The lowest BCUT2D eigenvalue weighted by Gasteiger charge is -2.07. The van der Waals surface area contributed by atoms with Gasteiger partial charge in [0.2, 0.25) is 0 Å². The molecule has 0 bridgehead atoms. The first-order valence-corrected chi connectivity index (χ1v) is 5.55. The van der Waals surface area contributed by atoms with Crippen molar-refractivity contribution in [1.82, 2.24) is 9.55 Å². The van der Waals surface area contributed by atoms with E-state index >= 15 is 0 Å². The van der Waals surface area contributed by atoms with Gasteiger partial charge in [-0.1, -0.05) is 17.7 Å². The lowest BCUT2D eigenvalue weighted by atomic mass is 10.1. The number of imidazole rings is 1. The summed E-state index contributed by atoms with van der Waals surface area (Å²) in [5, 5.41) is 9.07. The monoisotopic (exact) mass is 225 g/mol. The molecule has 1 heterocycles. The van der Waals surface area contributed by atoms with Crippen molar-refractivity contribution in [2.75, 3.05) is 0 Å². The molecule has 1 aromatic carbocycles. The normalized spacial score (nSPS) is 10.3. The maximum Gasteiger partial charge on any atom is 0.143 e. The van der Waals surface area contributed by atoms with Crippen LogP contribution in [-0.2, 0) is 7.05 Å². The fourth-order valence-corrected chi connectivity index (χ4v) is 2.01. The van der Waals surface area contributed by atoms with Gasteiger partial charge in [0.05, 0.1) is 5.69 Å². The first kappa shape index (κ1) is 11.4. The summed E-state index contributed by atoms with van der Waals surface area (Å²) >= 11 is 0. The second-order valence-corrected chi connectivity index (χ2v) is 4.36. The van der Waals surface area contributed by atoms with Gasteiger partial charge in [0.1, 0.15) is 17.6 Å². The van der Waals surface area contributed by atoms with E-state index in [1.54, 1.807) is 0 Å². The van der Waals surface area contributed by atoms with E-state index in [0.717, 1.165) is 17.1 Å². The number of hydrogen-bond acceptors (Lipinski definition) is 2. The first-order valence-electron chi connectivity index (χ1n) is 5.55. The van der Waals surface area contributed by atoms with Gasteiger partial charge < -0.3 is 4.57 Å². The van der Waals surface area contributed by atoms with Gasteiger partial charge in [-0.3, -0.25) is 0 Å². The Labute approximate surface area is 101 Å². The molecule has 0 saturated carbocycles. The summed E-state index contributed by atoms with van der Waals surface area (Å²) < 4.78 is 1.86. The quantitative estimate of drug-likeness (QED) is 0.748. The van der Waals surface area contributed by atoms with Crippen LogP contribution >= 0.6 is 0 Å². The molecule has 2 aromatic rings. The maximum atomic E-state index is 9.07. The number of nitriles is 1. The molecule has 0 N–H and O–H groups in total. The van der Waals surface area contributed by atoms with Crippen LogP contribution in [0.4, 0.5) is 0 Å². The molecule has 0 aliphatic carbocycles. The van der Waals surface area contributed by atoms with E-state index in [-0.39, 0.29) is 0 Å². The van der Waals surface area contributed by atoms with Crippen molar-refractivity contribution in [2.45, 2.75) is 20.8 Å². The molecule has 0 saturated heterocycles. The average molecular weight is 225 g/mol. The molecular formula is C14H15N3. The predicted molar refractivity (Wildman–Crippen MR) is 67.6 cm³/mol. The van der Waals surface area contributed by atoms with Gasteiger partial charge in [0, 0.05) is 12.6 Å². The largest absolute Gasteiger partial charge is 0.319 e. The second kappa shape index (κ2) is 4.06. The molecule has 0 amide bonds. The zero-order valence-electron chi connectivity index (χ0n) is 10.6. The summed E-state index contributed by atoms with van der Waals surface area (Å²) in [7, 11) is 1.88. The van der Waals surface area contributed by atoms with Gasteiger partial charge in [0.15, 0.2) is 0 Å². The number of hydrogen-bond donors (Lipinski definition) is 0. The zero-order valence-corrected chi connectivity index (χ0v) is 10.6. The minimum atomic E-state index is 0.626. The molecule has 0 spiro atoms. The summed E-state index contributed by atoms with van der Waals surface area (Å²) in [4.78, 5) is 4.49. The number of rotatable bonds is 1. The van der Waals surface area contributed by atoms with Gasteiger partial charge >= 0.3 is 0 Å². The Bertz CT molecular complexity index is 615. The third-order valence-electron chi connectivity index (χ3n) is 3.01. The van der Waals surface area contributed by atoms with Crippen molar-refractivity contribution in [3.05, 3.63) is 40.7 Å². The predicted octanol–water partition coefficient (Wildman–Crippen LogP) is 2.88. The number of aryl methyl sites for hydroxylation is 3. The third-order valence-corrected chi connectivity index (χ3v) is 3.01. The summed E-state index contributed by atoms with van der Waals surface area (Å²) in [6, 6.07) is 8.46. The van der Waals surface area contributed by atoms with E-state index in [4.69, 9.17) is 5.26 Å². The molecule has 0 aliphatic heterocycles. The van der Waals surface area contributed by atoms with Gasteiger partial charge in [-0.2, -0.15) is 5.26 Å². The summed E-state index contributed by atoms with van der Waals surface area (Å²) in [6.45, 7) is 5.99. The van der Waals surface area contributed by atoms with E-state index in [1.807, 2.05) is 18.5 Å². The molecule has 0 unspecified atom stereocenters. The molecule has 17 heavy (non-hydrogen) atoms. The Morgan fingerprint density at radius 1 is 1.24 bits per heavy atom. The minimum Gasteiger partial charge on any atom is -0.319 e. The Kier molecular flexibility index (Phi) is 2.72. The van der Waals surface area contributed by atoms with Gasteiger partial charge in [-0.15, -0.1) is 0 Å². The summed E-state index contributed by atoms with van der Waals surface area (Å²) in [6.07, 6.45) is 0. The van der Waals surface area contributed by atoms with Crippen molar-refractivity contribution < 1.29 is 0 Å². The van der Waals surface area contributed by atoms with Gasteiger partial charge in [0.25, 0.3) is 0 Å². The molecule has 3 nitrogen and oxygen atoms in total. The second-order valence-electron chi connectivity index (χ2n) is 4.36. The molecular weight excluding hydrogens is 210 g/mol. The van der Waals surface area contributed by atoms with Crippen LogP contribution in [0.2, 0.25) is 0 Å². The molecule has 0 atom stereocenters. The Hall–Kier alpha value is -2.08. The highest BCUT2D eigenvalue weighted by Crippen LogP contribution is 2.25. The maximum absolute atomic E-state index is 9.07. The molecule has 0 fully saturated rings. The van der Waals surface area contributed by atoms with E-state index in [9.17, 15) is 0 Å². The lowest BCUT2D eigenvalue weighted by molar-refractivity contribution is 0.904. The fraction of sp³-hybridized carbons (Fsp3) is 0.286. The SMILES string of the molecule is Cc1ccc(C)c(-c2nc(C)c(C#N)n2C)c1. The van der Waals surface area contributed by atoms with Crippen molar-refractivity contribution in [2.24, 2.45) is 7.05 Å². The van der Waals surface area contributed by atoms with Crippen LogP contribution in [0.5, 0.6) is 0 Å². The molecule has 1 aromatic heterocycles. The van der Waals surface area contributed by atoms with Gasteiger partial charge in [-0.25, -0.2) is 4.98 Å². The van der Waals surface area contributed by atoms with Crippen LogP contribution < -0.4 is 0 Å². The number of aromatic nitrogens is 2. The van der Waals surface area contributed by atoms with Crippen LogP contribution in [-0.4, -0.2) is 9.55 Å². The van der Waals surface area contributed by atoms with Crippen molar-refractivity contribution >= 4 is 0 Å². The Balaban J connectivity index is 2.70. The van der Waals surface area contributed by atoms with Crippen LogP contribution in [0.15, 0.2) is 18.2 Å². The van der Waals surface area contributed by atoms with E-state index in [1.165, 1.54) is 11.1 Å².